The van der Waals surface area contributed by atoms with Crippen LogP contribution in [0, 0.1) is 0 Å². The third-order valence-corrected chi connectivity index (χ3v) is 3.72. The molecule has 1 aliphatic rings. The van der Waals surface area contributed by atoms with Gasteiger partial charge in [-0.25, -0.2) is 0 Å². The van der Waals surface area contributed by atoms with Gasteiger partial charge in [-0.3, -0.25) is 4.79 Å². The molecule has 1 aliphatic heterocycles. The van der Waals surface area contributed by atoms with Crippen LogP contribution in [0.3, 0.4) is 0 Å². The first-order valence-corrected chi connectivity index (χ1v) is 6.88. The van der Waals surface area contributed by atoms with E-state index in [1.165, 1.54) is 0 Å². The van der Waals surface area contributed by atoms with Gasteiger partial charge >= 0.3 is 0 Å². The minimum Gasteiger partial charge on any atom is -0.493 e. The van der Waals surface area contributed by atoms with E-state index in [9.17, 15) is 4.79 Å². The van der Waals surface area contributed by atoms with Crippen molar-refractivity contribution < 1.29 is 19.0 Å². The van der Waals surface area contributed by atoms with Crippen molar-refractivity contribution >= 4 is 11.9 Å². The molecule has 0 radical (unpaired) electrons. The van der Waals surface area contributed by atoms with E-state index in [2.05, 4.69) is 0 Å². The van der Waals surface area contributed by atoms with Gasteiger partial charge in [0.1, 0.15) is 0 Å². The molecule has 22 heavy (non-hydrogen) atoms. The predicted octanol–water partition coefficient (Wildman–Crippen LogP) is 2.79. The lowest BCUT2D eigenvalue weighted by Crippen LogP contribution is -1.97. The summed E-state index contributed by atoms with van der Waals surface area (Å²) in [6.45, 7) is 0.581. The predicted molar refractivity (Wildman–Crippen MR) is 82.8 cm³/mol. The second-order valence-electron chi connectivity index (χ2n) is 4.98. The Morgan fingerprint density at radius 1 is 1.09 bits per heavy atom. The Morgan fingerprint density at radius 2 is 1.77 bits per heavy atom. The number of ether oxygens (including phenoxy) is 3. The van der Waals surface area contributed by atoms with Gasteiger partial charge < -0.3 is 18.8 Å². The number of aromatic nitrogens is 1. The molecule has 0 saturated heterocycles. The van der Waals surface area contributed by atoms with E-state index in [1.54, 1.807) is 21.3 Å². The number of benzene rings is 1. The molecule has 5 heteroatoms. The fraction of sp³-hybridized carbons (Fsp3) is 0.235. The first kappa shape index (κ1) is 14.3. The number of nitrogens with zero attached hydrogens (tertiary/aromatic N) is 1. The number of ketones is 1. The summed E-state index contributed by atoms with van der Waals surface area (Å²) in [6.07, 6.45) is 3.77. The number of fused-ring (bicyclic) bond motifs is 1. The van der Waals surface area contributed by atoms with Crippen LogP contribution in [0.5, 0.6) is 17.2 Å². The highest BCUT2D eigenvalue weighted by Gasteiger charge is 2.24. The SMILES string of the molecule is COc1cc(C=C2Cn3cccc3C2=O)cc(OC)c1OC. The second-order valence-corrected chi connectivity index (χ2v) is 4.98. The molecule has 3 rings (SSSR count). The minimum atomic E-state index is 0.0544. The molecule has 0 bridgehead atoms. The Hall–Kier alpha value is -2.69. The van der Waals surface area contributed by atoms with Crippen LogP contribution >= 0.6 is 0 Å². The third-order valence-electron chi connectivity index (χ3n) is 3.72. The Labute approximate surface area is 128 Å². The Morgan fingerprint density at radius 3 is 2.32 bits per heavy atom. The van der Waals surface area contributed by atoms with Crippen molar-refractivity contribution in [1.29, 1.82) is 0 Å². The zero-order chi connectivity index (χ0) is 15.7. The number of allylic oxidation sites excluding steroid dienone is 1. The molecule has 0 spiro atoms. The van der Waals surface area contributed by atoms with E-state index in [1.807, 2.05) is 41.1 Å². The molecule has 1 aromatic heterocycles. The quantitative estimate of drug-likeness (QED) is 0.815. The van der Waals surface area contributed by atoms with Gasteiger partial charge in [-0.2, -0.15) is 0 Å². The third kappa shape index (κ3) is 2.24. The van der Waals surface area contributed by atoms with Crippen molar-refractivity contribution in [3.8, 4) is 17.2 Å². The monoisotopic (exact) mass is 299 g/mol. The van der Waals surface area contributed by atoms with Gasteiger partial charge in [0.15, 0.2) is 11.5 Å². The average Bonchev–Trinajstić information content (AvgIpc) is 3.10. The standard InChI is InChI=1S/C17H17NO4/c1-20-14-8-11(9-15(21-2)17(14)22-3)7-12-10-18-6-4-5-13(18)16(12)19/h4-9H,10H2,1-3H3. The average molecular weight is 299 g/mol. The topological polar surface area (TPSA) is 49.7 Å². The molecule has 0 saturated carbocycles. The maximum Gasteiger partial charge on any atom is 0.207 e. The van der Waals surface area contributed by atoms with Crippen LogP contribution in [-0.4, -0.2) is 31.7 Å². The molecule has 2 aromatic rings. The highest BCUT2D eigenvalue weighted by atomic mass is 16.5. The van der Waals surface area contributed by atoms with Gasteiger partial charge in [-0.15, -0.1) is 0 Å². The van der Waals surface area contributed by atoms with Crippen LogP contribution < -0.4 is 14.2 Å². The summed E-state index contributed by atoms with van der Waals surface area (Å²) < 4.78 is 17.9. The summed E-state index contributed by atoms with van der Waals surface area (Å²) in [7, 11) is 4.70. The van der Waals surface area contributed by atoms with Gasteiger partial charge in [-0.05, 0) is 35.9 Å². The number of carbonyl (C=O) groups is 1. The van der Waals surface area contributed by atoms with Gasteiger partial charge in [0.05, 0.1) is 33.6 Å². The lowest BCUT2D eigenvalue weighted by atomic mass is 10.1. The van der Waals surface area contributed by atoms with Gasteiger partial charge in [0.25, 0.3) is 0 Å². The lowest BCUT2D eigenvalue weighted by molar-refractivity contribution is 0.103. The minimum absolute atomic E-state index is 0.0544. The number of Topliss-reactive ketones (excluding diaryl/α,β-unsaturated/α-hetero) is 1. The van der Waals surface area contributed by atoms with E-state index in [0.29, 0.717) is 23.8 Å². The summed E-state index contributed by atoms with van der Waals surface area (Å²) in [5.74, 6) is 1.73. The van der Waals surface area contributed by atoms with Crippen molar-refractivity contribution in [3.63, 3.8) is 0 Å². The van der Waals surface area contributed by atoms with Crippen LogP contribution in [0.1, 0.15) is 16.1 Å². The van der Waals surface area contributed by atoms with Crippen molar-refractivity contribution in [2.45, 2.75) is 6.54 Å². The normalized spacial score (nSPS) is 15.0. The first-order valence-electron chi connectivity index (χ1n) is 6.88. The summed E-state index contributed by atoms with van der Waals surface area (Å²) in [5.41, 5.74) is 2.30. The van der Waals surface area contributed by atoms with Crippen molar-refractivity contribution in [2.24, 2.45) is 0 Å². The molecule has 5 nitrogen and oxygen atoms in total. The zero-order valence-corrected chi connectivity index (χ0v) is 12.8. The van der Waals surface area contributed by atoms with Crippen LogP contribution in [0.15, 0.2) is 36.0 Å². The number of rotatable bonds is 4. The Bertz CT molecular complexity index is 733. The number of carbonyl (C=O) groups excluding carboxylic acids is 1. The molecular formula is C17H17NO4. The molecule has 0 atom stereocenters. The smallest absolute Gasteiger partial charge is 0.207 e. The van der Waals surface area contributed by atoms with E-state index in [-0.39, 0.29) is 5.78 Å². The van der Waals surface area contributed by atoms with Gasteiger partial charge in [0.2, 0.25) is 11.5 Å². The second kappa shape index (κ2) is 5.60. The number of hydrogen-bond donors (Lipinski definition) is 0. The molecular weight excluding hydrogens is 282 g/mol. The van der Waals surface area contributed by atoms with E-state index >= 15 is 0 Å². The molecule has 114 valence electrons. The fourth-order valence-corrected chi connectivity index (χ4v) is 2.68. The molecule has 2 heterocycles. The Balaban J connectivity index is 2.01. The summed E-state index contributed by atoms with van der Waals surface area (Å²) in [4.78, 5) is 12.3. The molecule has 0 aliphatic carbocycles. The first-order chi connectivity index (χ1) is 10.7. The summed E-state index contributed by atoms with van der Waals surface area (Å²) >= 11 is 0. The maximum atomic E-state index is 12.3. The van der Waals surface area contributed by atoms with Crippen LogP contribution in [-0.2, 0) is 6.54 Å². The largest absolute Gasteiger partial charge is 0.493 e. The maximum absolute atomic E-state index is 12.3. The molecule has 0 unspecified atom stereocenters. The van der Waals surface area contributed by atoms with Crippen molar-refractivity contribution in [3.05, 3.63) is 47.3 Å². The van der Waals surface area contributed by atoms with Gasteiger partial charge in [-0.1, -0.05) is 0 Å². The highest BCUT2D eigenvalue weighted by molar-refractivity contribution is 6.12. The zero-order valence-electron chi connectivity index (χ0n) is 12.8. The molecule has 0 N–H and O–H groups in total. The highest BCUT2D eigenvalue weighted by Crippen LogP contribution is 2.39. The van der Waals surface area contributed by atoms with E-state index in [4.69, 9.17) is 14.2 Å². The Kier molecular flexibility index (Phi) is 3.63. The number of methoxy groups -OCH3 is 3. The summed E-state index contributed by atoms with van der Waals surface area (Å²) in [5, 5.41) is 0. The summed E-state index contributed by atoms with van der Waals surface area (Å²) in [6, 6.07) is 7.37. The van der Waals surface area contributed by atoms with E-state index in [0.717, 1.165) is 16.8 Å². The molecule has 1 aromatic carbocycles. The lowest BCUT2D eigenvalue weighted by Gasteiger charge is -2.13. The van der Waals surface area contributed by atoms with E-state index < -0.39 is 0 Å². The van der Waals surface area contributed by atoms with Crippen LogP contribution in [0.4, 0.5) is 0 Å². The van der Waals surface area contributed by atoms with Gasteiger partial charge in [0, 0.05) is 11.8 Å². The molecule has 0 amide bonds. The van der Waals surface area contributed by atoms with Crippen molar-refractivity contribution in [2.75, 3.05) is 21.3 Å². The number of hydrogen-bond acceptors (Lipinski definition) is 4. The molecule has 0 fully saturated rings. The van der Waals surface area contributed by atoms with Crippen LogP contribution in [0.25, 0.3) is 6.08 Å². The van der Waals surface area contributed by atoms with Crippen molar-refractivity contribution in [1.82, 2.24) is 4.57 Å². The fourth-order valence-electron chi connectivity index (χ4n) is 2.68. The van der Waals surface area contributed by atoms with Crippen LogP contribution in [0.2, 0.25) is 0 Å².